The van der Waals surface area contributed by atoms with Gasteiger partial charge in [-0.2, -0.15) is 5.10 Å². The molecule has 0 radical (unpaired) electrons. The van der Waals surface area contributed by atoms with E-state index in [-0.39, 0.29) is 24.5 Å². The maximum Gasteiger partial charge on any atom is 0.322 e. The van der Waals surface area contributed by atoms with E-state index in [9.17, 15) is 9.59 Å². The van der Waals surface area contributed by atoms with E-state index in [2.05, 4.69) is 10.6 Å². The zero-order valence-electron chi connectivity index (χ0n) is 20.5. The van der Waals surface area contributed by atoms with Crippen molar-refractivity contribution < 1.29 is 14.3 Å². The highest BCUT2D eigenvalue weighted by atomic mass is 16.5. The van der Waals surface area contributed by atoms with Crippen LogP contribution in [0.15, 0.2) is 91.0 Å². The second kappa shape index (κ2) is 11.2. The number of carbonyl (C=O) groups excluding carboxylic acids is 2. The Morgan fingerprint density at radius 1 is 0.917 bits per heavy atom. The molecule has 3 amide bonds. The Morgan fingerprint density at radius 3 is 2.17 bits per heavy atom. The van der Waals surface area contributed by atoms with Crippen LogP contribution in [-0.4, -0.2) is 46.3 Å². The maximum atomic E-state index is 13.1. The predicted octanol–water partition coefficient (Wildman–Crippen LogP) is 5.43. The highest BCUT2D eigenvalue weighted by Crippen LogP contribution is 2.26. The van der Waals surface area contributed by atoms with Gasteiger partial charge in [0, 0.05) is 23.4 Å². The van der Waals surface area contributed by atoms with E-state index in [0.717, 1.165) is 17.0 Å². The summed E-state index contributed by atoms with van der Waals surface area (Å²) in [4.78, 5) is 27.5. The lowest BCUT2D eigenvalue weighted by atomic mass is 10.1. The van der Waals surface area contributed by atoms with Crippen LogP contribution >= 0.6 is 0 Å². The summed E-state index contributed by atoms with van der Waals surface area (Å²) in [5, 5.41) is 10.5. The van der Waals surface area contributed by atoms with Crippen LogP contribution in [0, 0.1) is 0 Å². The summed E-state index contributed by atoms with van der Waals surface area (Å²) in [6.45, 7) is 3.62. The fraction of sp³-hybridized carbons (Fsp3) is 0.179. The Hall–Kier alpha value is -4.59. The second-order valence-electron chi connectivity index (χ2n) is 8.46. The summed E-state index contributed by atoms with van der Waals surface area (Å²) in [7, 11) is 1.61. The van der Waals surface area contributed by atoms with E-state index < -0.39 is 0 Å². The summed E-state index contributed by atoms with van der Waals surface area (Å²) in [5.74, 6) is 0.883. The van der Waals surface area contributed by atoms with Crippen LogP contribution in [0.4, 0.5) is 16.3 Å². The number of methoxy groups -OCH3 is 1. The van der Waals surface area contributed by atoms with E-state index in [0.29, 0.717) is 17.2 Å². The highest BCUT2D eigenvalue weighted by Gasteiger charge is 2.22. The van der Waals surface area contributed by atoms with E-state index in [1.54, 1.807) is 23.9 Å². The fourth-order valence-electron chi connectivity index (χ4n) is 3.68. The lowest BCUT2D eigenvalue weighted by Gasteiger charge is -2.26. The smallest absolute Gasteiger partial charge is 0.322 e. The number of anilines is 2. The van der Waals surface area contributed by atoms with Crippen molar-refractivity contribution in [2.45, 2.75) is 19.9 Å². The minimum absolute atomic E-state index is 0.120. The van der Waals surface area contributed by atoms with Crippen molar-refractivity contribution in [3.8, 4) is 22.7 Å². The number of aromatic nitrogens is 2. The van der Waals surface area contributed by atoms with E-state index >= 15 is 0 Å². The number of urea groups is 1. The van der Waals surface area contributed by atoms with Gasteiger partial charge in [0.2, 0.25) is 5.91 Å². The molecule has 8 nitrogen and oxygen atoms in total. The van der Waals surface area contributed by atoms with Gasteiger partial charge in [0.25, 0.3) is 0 Å². The van der Waals surface area contributed by atoms with Gasteiger partial charge in [0.15, 0.2) is 0 Å². The van der Waals surface area contributed by atoms with Gasteiger partial charge in [-0.15, -0.1) is 0 Å². The molecule has 0 saturated heterocycles. The first-order valence-corrected chi connectivity index (χ1v) is 11.7. The van der Waals surface area contributed by atoms with Gasteiger partial charge in [0.1, 0.15) is 18.1 Å². The quantitative estimate of drug-likeness (QED) is 0.350. The Kier molecular flexibility index (Phi) is 7.65. The predicted molar refractivity (Wildman–Crippen MR) is 141 cm³/mol. The lowest BCUT2D eigenvalue weighted by molar-refractivity contribution is -0.117. The zero-order valence-corrected chi connectivity index (χ0v) is 20.5. The zero-order chi connectivity index (χ0) is 25.5. The number of benzene rings is 3. The molecule has 0 atom stereocenters. The molecule has 2 N–H and O–H groups in total. The van der Waals surface area contributed by atoms with Crippen molar-refractivity contribution in [2.75, 3.05) is 24.3 Å². The van der Waals surface area contributed by atoms with E-state index in [1.165, 1.54) is 4.90 Å². The molecule has 0 unspecified atom stereocenters. The Bertz CT molecular complexity index is 1300. The summed E-state index contributed by atoms with van der Waals surface area (Å²) >= 11 is 0. The van der Waals surface area contributed by atoms with E-state index in [4.69, 9.17) is 9.84 Å². The molecule has 8 heteroatoms. The van der Waals surface area contributed by atoms with Crippen LogP contribution in [0.5, 0.6) is 5.75 Å². The number of carbonyl (C=O) groups is 2. The highest BCUT2D eigenvalue weighted by molar-refractivity contribution is 5.97. The van der Waals surface area contributed by atoms with Crippen LogP contribution in [0.25, 0.3) is 16.9 Å². The monoisotopic (exact) mass is 483 g/mol. The SMILES string of the molecule is COc1ccc(-n2nc(-c3ccccc3)cc2NC(=O)CN(C(=O)Nc2ccccc2)C(C)C)cc1. The van der Waals surface area contributed by atoms with Crippen LogP contribution in [0.1, 0.15) is 13.8 Å². The van der Waals surface area contributed by atoms with Crippen LogP contribution in [-0.2, 0) is 4.79 Å². The van der Waals surface area contributed by atoms with Crippen molar-refractivity contribution in [2.24, 2.45) is 0 Å². The molecule has 1 heterocycles. The van der Waals surface area contributed by atoms with Crippen molar-refractivity contribution in [1.29, 1.82) is 0 Å². The average Bonchev–Trinajstić information content (AvgIpc) is 3.31. The van der Waals surface area contributed by atoms with Crippen molar-refractivity contribution in [1.82, 2.24) is 14.7 Å². The Balaban J connectivity index is 1.57. The molecular weight excluding hydrogens is 454 g/mol. The van der Waals surface area contributed by atoms with Crippen molar-refractivity contribution >= 4 is 23.4 Å². The minimum atomic E-state index is -0.347. The Labute approximate surface area is 210 Å². The maximum absolute atomic E-state index is 13.1. The first kappa shape index (κ1) is 24.5. The number of rotatable bonds is 8. The molecule has 0 fully saturated rings. The van der Waals surface area contributed by atoms with Gasteiger partial charge in [0.05, 0.1) is 18.5 Å². The van der Waals surface area contributed by atoms with Gasteiger partial charge in [-0.3, -0.25) is 4.79 Å². The number of amides is 3. The molecule has 184 valence electrons. The third-order valence-corrected chi connectivity index (χ3v) is 5.59. The Morgan fingerprint density at radius 2 is 1.56 bits per heavy atom. The third-order valence-electron chi connectivity index (χ3n) is 5.59. The molecule has 0 aliphatic rings. The third kappa shape index (κ3) is 5.90. The fourth-order valence-corrected chi connectivity index (χ4v) is 3.68. The number of nitrogens with zero attached hydrogens (tertiary/aromatic N) is 3. The number of hydrogen-bond donors (Lipinski definition) is 2. The minimum Gasteiger partial charge on any atom is -0.497 e. The van der Waals surface area contributed by atoms with Gasteiger partial charge in [-0.25, -0.2) is 9.48 Å². The molecule has 4 rings (SSSR count). The topological polar surface area (TPSA) is 88.5 Å². The van der Waals surface area contributed by atoms with Crippen LogP contribution in [0.3, 0.4) is 0 Å². The number of para-hydroxylation sites is 1. The summed E-state index contributed by atoms with van der Waals surface area (Å²) in [6, 6.07) is 27.6. The molecule has 0 aliphatic carbocycles. The summed E-state index contributed by atoms with van der Waals surface area (Å²) < 4.78 is 6.93. The molecule has 0 aliphatic heterocycles. The molecule has 0 saturated carbocycles. The van der Waals surface area contributed by atoms with Crippen LogP contribution in [0.2, 0.25) is 0 Å². The van der Waals surface area contributed by atoms with Gasteiger partial charge >= 0.3 is 6.03 Å². The van der Waals surface area contributed by atoms with E-state index in [1.807, 2.05) is 92.7 Å². The average molecular weight is 484 g/mol. The standard InChI is InChI=1S/C28H29N5O3/c1-20(2)32(28(35)29-22-12-8-5-9-13-22)19-27(34)30-26-18-25(21-10-6-4-7-11-21)31-33(26)23-14-16-24(36-3)17-15-23/h4-18,20H,19H2,1-3H3,(H,29,35)(H,30,34). The second-order valence-corrected chi connectivity index (χ2v) is 8.46. The molecule has 0 spiro atoms. The summed E-state index contributed by atoms with van der Waals surface area (Å²) in [6.07, 6.45) is 0. The molecule has 36 heavy (non-hydrogen) atoms. The molecule has 3 aromatic carbocycles. The number of hydrogen-bond acceptors (Lipinski definition) is 4. The van der Waals surface area contributed by atoms with Crippen LogP contribution < -0.4 is 15.4 Å². The lowest BCUT2D eigenvalue weighted by Crippen LogP contribution is -2.44. The normalized spacial score (nSPS) is 10.7. The molecule has 1 aromatic heterocycles. The van der Waals surface area contributed by atoms with Crippen molar-refractivity contribution in [3.05, 3.63) is 91.0 Å². The first-order valence-electron chi connectivity index (χ1n) is 11.7. The summed E-state index contributed by atoms with van der Waals surface area (Å²) in [5.41, 5.74) is 3.06. The van der Waals surface area contributed by atoms with Gasteiger partial charge in [-0.05, 0) is 50.2 Å². The molecular formula is C28H29N5O3. The molecule has 4 aromatic rings. The number of ether oxygens (including phenoxy) is 1. The molecule has 0 bridgehead atoms. The largest absolute Gasteiger partial charge is 0.497 e. The van der Waals surface area contributed by atoms with Gasteiger partial charge in [-0.1, -0.05) is 48.5 Å². The first-order chi connectivity index (χ1) is 17.4. The number of nitrogens with one attached hydrogen (secondary N) is 2. The van der Waals surface area contributed by atoms with Crippen molar-refractivity contribution in [3.63, 3.8) is 0 Å². The van der Waals surface area contributed by atoms with Gasteiger partial charge < -0.3 is 20.3 Å².